The lowest BCUT2D eigenvalue weighted by Gasteiger charge is -2.08. The zero-order chi connectivity index (χ0) is 20.2. The molecule has 1 amide bonds. The first-order valence-electron chi connectivity index (χ1n) is 10.2. The molecule has 0 spiro atoms. The standard InChI is InChI=1S/C22H19N5O3/c28-20-14-5-3-6-15(14)23-22(25-20)27-19(11-16(26-27)12-8-9-12)24-21(29)18-10-13-4-1-2-7-17(13)30-18/h1-2,4,7,10-12H,3,5-6,8-9H2,(H,24,29)(H,23,25,28). The minimum absolute atomic E-state index is 0.134. The number of hydrogen-bond donors (Lipinski definition) is 2. The fourth-order valence-electron chi connectivity index (χ4n) is 4.03. The normalized spacial score (nSPS) is 15.5. The number of hydrogen-bond acceptors (Lipinski definition) is 5. The summed E-state index contributed by atoms with van der Waals surface area (Å²) in [4.78, 5) is 32.8. The van der Waals surface area contributed by atoms with E-state index in [0.717, 1.165) is 54.4 Å². The molecule has 1 saturated carbocycles. The number of aromatic amines is 1. The van der Waals surface area contributed by atoms with Crippen molar-refractivity contribution in [2.75, 3.05) is 5.32 Å². The van der Waals surface area contributed by atoms with Gasteiger partial charge in [0.2, 0.25) is 5.95 Å². The summed E-state index contributed by atoms with van der Waals surface area (Å²) in [5.74, 6) is 1.01. The fraction of sp³-hybridized carbons (Fsp3) is 0.273. The Kier molecular flexibility index (Phi) is 3.68. The smallest absolute Gasteiger partial charge is 0.292 e. The van der Waals surface area contributed by atoms with Crippen LogP contribution in [-0.4, -0.2) is 25.7 Å². The van der Waals surface area contributed by atoms with Gasteiger partial charge in [-0.2, -0.15) is 9.78 Å². The molecule has 1 fully saturated rings. The van der Waals surface area contributed by atoms with Gasteiger partial charge < -0.3 is 9.73 Å². The average Bonchev–Trinajstić information content (AvgIpc) is 3.15. The van der Waals surface area contributed by atoms with E-state index in [0.29, 0.717) is 23.3 Å². The van der Waals surface area contributed by atoms with Gasteiger partial charge in [0.25, 0.3) is 11.5 Å². The third-order valence-corrected chi connectivity index (χ3v) is 5.74. The van der Waals surface area contributed by atoms with Crippen molar-refractivity contribution < 1.29 is 9.21 Å². The first-order chi connectivity index (χ1) is 14.7. The molecule has 0 saturated heterocycles. The van der Waals surface area contributed by atoms with Crippen LogP contribution in [0.3, 0.4) is 0 Å². The lowest BCUT2D eigenvalue weighted by Crippen LogP contribution is -2.21. The van der Waals surface area contributed by atoms with Crippen LogP contribution in [0.25, 0.3) is 16.9 Å². The van der Waals surface area contributed by atoms with Gasteiger partial charge in [-0.3, -0.25) is 14.6 Å². The molecule has 0 aliphatic heterocycles. The predicted octanol–water partition coefficient (Wildman–Crippen LogP) is 3.32. The molecule has 1 aromatic carbocycles. The van der Waals surface area contributed by atoms with Crippen molar-refractivity contribution in [3.05, 3.63) is 69.5 Å². The summed E-state index contributed by atoms with van der Waals surface area (Å²) >= 11 is 0. The first kappa shape index (κ1) is 17.2. The number of nitrogens with one attached hydrogen (secondary N) is 2. The molecule has 150 valence electrons. The Morgan fingerprint density at radius 3 is 2.90 bits per heavy atom. The average molecular weight is 401 g/mol. The molecule has 2 N–H and O–H groups in total. The van der Waals surface area contributed by atoms with Crippen LogP contribution in [0.5, 0.6) is 0 Å². The number of amides is 1. The van der Waals surface area contributed by atoms with E-state index in [1.165, 1.54) is 4.68 Å². The van der Waals surface area contributed by atoms with Crippen LogP contribution in [-0.2, 0) is 12.8 Å². The van der Waals surface area contributed by atoms with Crippen molar-refractivity contribution in [2.24, 2.45) is 0 Å². The Morgan fingerprint density at radius 1 is 1.20 bits per heavy atom. The Bertz CT molecular complexity index is 1330. The van der Waals surface area contributed by atoms with Gasteiger partial charge in [0, 0.05) is 22.9 Å². The van der Waals surface area contributed by atoms with E-state index >= 15 is 0 Å². The molecule has 8 nitrogen and oxygen atoms in total. The highest BCUT2D eigenvalue weighted by Crippen LogP contribution is 2.40. The van der Waals surface area contributed by atoms with E-state index < -0.39 is 0 Å². The van der Waals surface area contributed by atoms with E-state index in [4.69, 9.17) is 4.42 Å². The van der Waals surface area contributed by atoms with Crippen molar-refractivity contribution in [2.45, 2.75) is 38.0 Å². The van der Waals surface area contributed by atoms with Crippen LogP contribution in [0.4, 0.5) is 5.82 Å². The molecular weight excluding hydrogens is 382 g/mol. The van der Waals surface area contributed by atoms with Gasteiger partial charge in [-0.05, 0) is 44.2 Å². The summed E-state index contributed by atoms with van der Waals surface area (Å²) in [6.45, 7) is 0. The predicted molar refractivity (Wildman–Crippen MR) is 110 cm³/mol. The molecule has 0 atom stereocenters. The van der Waals surface area contributed by atoms with Crippen molar-refractivity contribution in [1.82, 2.24) is 19.7 Å². The van der Waals surface area contributed by atoms with Gasteiger partial charge in [0.1, 0.15) is 11.4 Å². The highest BCUT2D eigenvalue weighted by atomic mass is 16.3. The van der Waals surface area contributed by atoms with Gasteiger partial charge in [-0.1, -0.05) is 18.2 Å². The number of carbonyl (C=O) groups excluding carboxylic acids is 1. The maximum absolute atomic E-state index is 12.9. The number of furan rings is 1. The van der Waals surface area contributed by atoms with E-state index in [1.807, 2.05) is 30.3 Å². The molecule has 3 aromatic heterocycles. The summed E-state index contributed by atoms with van der Waals surface area (Å²) in [6.07, 6.45) is 4.60. The van der Waals surface area contributed by atoms with Gasteiger partial charge in [0.05, 0.1) is 11.4 Å². The van der Waals surface area contributed by atoms with Crippen LogP contribution in [0, 0.1) is 0 Å². The molecule has 0 radical (unpaired) electrons. The number of aromatic nitrogens is 4. The Morgan fingerprint density at radius 2 is 2.07 bits per heavy atom. The number of rotatable bonds is 4. The van der Waals surface area contributed by atoms with E-state index in [1.54, 1.807) is 6.07 Å². The zero-order valence-corrected chi connectivity index (χ0v) is 16.1. The van der Waals surface area contributed by atoms with Crippen LogP contribution >= 0.6 is 0 Å². The molecule has 2 aliphatic rings. The number of benzene rings is 1. The lowest BCUT2D eigenvalue weighted by molar-refractivity contribution is 0.0998. The number of aryl methyl sites for hydroxylation is 1. The highest BCUT2D eigenvalue weighted by molar-refractivity contribution is 6.04. The van der Waals surface area contributed by atoms with Crippen LogP contribution in [0.2, 0.25) is 0 Å². The summed E-state index contributed by atoms with van der Waals surface area (Å²) < 4.78 is 7.20. The lowest BCUT2D eigenvalue weighted by atomic mass is 10.2. The second-order valence-electron chi connectivity index (χ2n) is 7.91. The SMILES string of the molecule is O=C(Nc1cc(C2CC2)nn1-c1nc2c(c(=O)[nH]1)CCC2)c1cc2ccccc2o1. The van der Waals surface area contributed by atoms with E-state index in [9.17, 15) is 9.59 Å². The second kappa shape index (κ2) is 6.41. The Labute approximate surface area is 170 Å². The largest absolute Gasteiger partial charge is 0.451 e. The monoisotopic (exact) mass is 401 g/mol. The van der Waals surface area contributed by atoms with Crippen LogP contribution in [0.1, 0.15) is 52.7 Å². The number of para-hydroxylation sites is 1. The quantitative estimate of drug-likeness (QED) is 0.546. The number of nitrogens with zero attached hydrogens (tertiary/aromatic N) is 3. The van der Waals surface area contributed by atoms with E-state index in [2.05, 4.69) is 20.4 Å². The van der Waals surface area contributed by atoms with Crippen LogP contribution < -0.4 is 10.9 Å². The molecule has 6 rings (SSSR count). The molecule has 0 bridgehead atoms. The number of anilines is 1. The highest BCUT2D eigenvalue weighted by Gasteiger charge is 2.29. The van der Waals surface area contributed by atoms with E-state index in [-0.39, 0.29) is 17.2 Å². The maximum atomic E-state index is 12.9. The van der Waals surface area contributed by atoms with Crippen molar-refractivity contribution in [3.63, 3.8) is 0 Å². The molecule has 3 heterocycles. The Balaban J connectivity index is 1.39. The van der Waals surface area contributed by atoms with Crippen molar-refractivity contribution in [3.8, 4) is 5.95 Å². The third kappa shape index (κ3) is 2.83. The number of carbonyl (C=O) groups is 1. The number of H-pyrrole nitrogens is 1. The van der Waals surface area contributed by atoms with Gasteiger partial charge >= 0.3 is 0 Å². The summed E-state index contributed by atoms with van der Waals surface area (Å²) in [5.41, 5.74) is 2.97. The molecular formula is C22H19N5O3. The zero-order valence-electron chi connectivity index (χ0n) is 16.1. The van der Waals surface area contributed by atoms with Crippen LogP contribution in [0.15, 0.2) is 45.6 Å². The topological polar surface area (TPSA) is 106 Å². The van der Waals surface area contributed by atoms with Gasteiger partial charge in [0.15, 0.2) is 5.76 Å². The minimum Gasteiger partial charge on any atom is -0.451 e. The second-order valence-corrected chi connectivity index (χ2v) is 7.91. The van der Waals surface area contributed by atoms with Crippen molar-refractivity contribution >= 4 is 22.7 Å². The number of fused-ring (bicyclic) bond motifs is 2. The third-order valence-electron chi connectivity index (χ3n) is 5.74. The molecule has 2 aliphatic carbocycles. The van der Waals surface area contributed by atoms with Crippen molar-refractivity contribution in [1.29, 1.82) is 0 Å². The summed E-state index contributed by atoms with van der Waals surface area (Å²) in [5, 5.41) is 8.38. The summed E-state index contributed by atoms with van der Waals surface area (Å²) in [6, 6.07) is 11.0. The molecule has 8 heteroatoms. The summed E-state index contributed by atoms with van der Waals surface area (Å²) in [7, 11) is 0. The maximum Gasteiger partial charge on any atom is 0.292 e. The minimum atomic E-state index is -0.377. The molecule has 4 aromatic rings. The van der Waals surface area contributed by atoms with Gasteiger partial charge in [-0.15, -0.1) is 0 Å². The Hall–Kier alpha value is -3.68. The molecule has 30 heavy (non-hydrogen) atoms. The fourth-order valence-corrected chi connectivity index (χ4v) is 4.03. The first-order valence-corrected chi connectivity index (χ1v) is 10.2. The van der Waals surface area contributed by atoms with Gasteiger partial charge in [-0.25, -0.2) is 4.98 Å². The molecule has 0 unspecified atom stereocenters.